The first-order chi connectivity index (χ1) is 11.3. The van der Waals surface area contributed by atoms with Crippen LogP contribution in [-0.4, -0.2) is 32.6 Å². The van der Waals surface area contributed by atoms with E-state index in [2.05, 4.69) is 9.97 Å². The van der Waals surface area contributed by atoms with Gasteiger partial charge in [-0.15, -0.1) is 0 Å². The third-order valence-electron chi connectivity index (χ3n) is 3.71. The Hall–Kier alpha value is -2.73. The van der Waals surface area contributed by atoms with E-state index in [0.717, 1.165) is 15.9 Å². The normalized spacial score (nSPS) is 13.7. The zero-order valence-electron chi connectivity index (χ0n) is 12.0. The van der Waals surface area contributed by atoms with Crippen LogP contribution < -0.4 is 0 Å². The van der Waals surface area contributed by atoms with Crippen LogP contribution in [0.2, 0.25) is 0 Å². The van der Waals surface area contributed by atoms with Crippen molar-refractivity contribution in [3.63, 3.8) is 0 Å². The molecule has 0 bridgehead atoms. The van der Waals surface area contributed by atoms with E-state index in [9.17, 15) is 9.59 Å². The van der Waals surface area contributed by atoms with Crippen molar-refractivity contribution in [3.05, 3.63) is 66.0 Å². The van der Waals surface area contributed by atoms with Gasteiger partial charge in [0.1, 0.15) is 11.4 Å². The van der Waals surface area contributed by atoms with Gasteiger partial charge < -0.3 is 0 Å². The maximum Gasteiger partial charge on any atom is 0.262 e. The van der Waals surface area contributed by atoms with Crippen LogP contribution in [0.5, 0.6) is 0 Å². The van der Waals surface area contributed by atoms with Crippen molar-refractivity contribution in [2.75, 3.05) is 5.88 Å². The first-order valence-electron chi connectivity index (χ1n) is 7.03. The molecule has 0 spiro atoms. The van der Waals surface area contributed by atoms with Crippen molar-refractivity contribution < 1.29 is 9.59 Å². The lowest BCUT2D eigenvalue weighted by atomic mass is 10.1. The lowest BCUT2D eigenvalue weighted by Gasteiger charge is -2.13. The summed E-state index contributed by atoms with van der Waals surface area (Å²) in [5, 5.41) is 1.67. The fourth-order valence-corrected chi connectivity index (χ4v) is 3.51. The number of thioether (sulfide) groups is 1. The highest BCUT2D eigenvalue weighted by atomic mass is 32.2. The number of amides is 2. The Balaban J connectivity index is 1.60. The summed E-state index contributed by atoms with van der Waals surface area (Å²) in [5.74, 6) is -0.277. The van der Waals surface area contributed by atoms with Gasteiger partial charge in [0.2, 0.25) is 0 Å². The average Bonchev–Trinajstić information content (AvgIpc) is 2.84. The molecular formula is C17H11N3O2S. The van der Waals surface area contributed by atoms with Gasteiger partial charge in [-0.1, -0.05) is 42.1 Å². The minimum atomic E-state index is -0.253. The van der Waals surface area contributed by atoms with Crippen LogP contribution in [0.3, 0.4) is 0 Å². The topological polar surface area (TPSA) is 63.2 Å². The molecule has 1 aromatic heterocycles. The molecule has 2 amide bonds. The molecular weight excluding hydrogens is 310 g/mol. The van der Waals surface area contributed by atoms with E-state index in [1.165, 1.54) is 23.0 Å². The molecule has 112 valence electrons. The van der Waals surface area contributed by atoms with Crippen LogP contribution in [0.25, 0.3) is 10.9 Å². The van der Waals surface area contributed by atoms with E-state index < -0.39 is 0 Å². The van der Waals surface area contributed by atoms with E-state index in [1.807, 2.05) is 24.3 Å². The molecule has 23 heavy (non-hydrogen) atoms. The monoisotopic (exact) mass is 321 g/mol. The molecule has 2 heterocycles. The predicted octanol–water partition coefficient (Wildman–Crippen LogP) is 2.98. The predicted molar refractivity (Wildman–Crippen MR) is 87.2 cm³/mol. The standard InChI is InChI=1S/C17H11N3O2S/c21-16-11-5-1-2-6-12(11)17(22)20(16)10-23-15-13-7-3-4-8-14(13)18-9-19-15/h1-9H,10H2. The van der Waals surface area contributed by atoms with Crippen LogP contribution >= 0.6 is 11.8 Å². The maximum atomic E-state index is 12.4. The summed E-state index contributed by atoms with van der Waals surface area (Å²) >= 11 is 1.36. The average molecular weight is 321 g/mol. The highest BCUT2D eigenvalue weighted by Crippen LogP contribution is 2.29. The third-order valence-corrected chi connectivity index (χ3v) is 4.70. The second-order valence-electron chi connectivity index (χ2n) is 5.05. The van der Waals surface area contributed by atoms with E-state index in [4.69, 9.17) is 0 Å². The number of carbonyl (C=O) groups excluding carboxylic acids is 2. The molecule has 2 aromatic carbocycles. The van der Waals surface area contributed by atoms with Crippen LogP contribution in [0.1, 0.15) is 20.7 Å². The van der Waals surface area contributed by atoms with Crippen molar-refractivity contribution in [2.24, 2.45) is 0 Å². The van der Waals surface area contributed by atoms with Crippen LogP contribution in [0.15, 0.2) is 59.9 Å². The van der Waals surface area contributed by atoms with Gasteiger partial charge in [0.25, 0.3) is 11.8 Å². The van der Waals surface area contributed by atoms with Gasteiger partial charge in [-0.25, -0.2) is 9.97 Å². The molecule has 0 atom stereocenters. The molecule has 1 aliphatic heterocycles. The Labute approximate surface area is 136 Å². The number of hydrogen-bond acceptors (Lipinski definition) is 5. The highest BCUT2D eigenvalue weighted by Gasteiger charge is 2.35. The van der Waals surface area contributed by atoms with Crippen molar-refractivity contribution in [1.82, 2.24) is 14.9 Å². The molecule has 5 nitrogen and oxygen atoms in total. The third kappa shape index (κ3) is 2.27. The summed E-state index contributed by atoms with van der Waals surface area (Å²) in [6.45, 7) is 0. The molecule has 0 fully saturated rings. The molecule has 0 radical (unpaired) electrons. The fraction of sp³-hybridized carbons (Fsp3) is 0.0588. The molecule has 4 rings (SSSR count). The molecule has 0 unspecified atom stereocenters. The summed E-state index contributed by atoms with van der Waals surface area (Å²) in [6.07, 6.45) is 1.49. The fourth-order valence-electron chi connectivity index (χ4n) is 2.58. The largest absolute Gasteiger partial charge is 0.269 e. The van der Waals surface area contributed by atoms with Crippen LogP contribution in [-0.2, 0) is 0 Å². The van der Waals surface area contributed by atoms with Crippen molar-refractivity contribution >= 4 is 34.5 Å². The van der Waals surface area contributed by atoms with Gasteiger partial charge in [0.05, 0.1) is 22.5 Å². The van der Waals surface area contributed by atoms with E-state index in [-0.39, 0.29) is 17.7 Å². The quantitative estimate of drug-likeness (QED) is 0.421. The van der Waals surface area contributed by atoms with Crippen molar-refractivity contribution in [2.45, 2.75) is 5.03 Å². The lowest BCUT2D eigenvalue weighted by Crippen LogP contribution is -2.29. The SMILES string of the molecule is O=C1c2ccccc2C(=O)N1CSc1ncnc2ccccc12. The molecule has 0 aliphatic carbocycles. The minimum absolute atomic E-state index is 0.230. The number of para-hydroxylation sites is 1. The number of aromatic nitrogens is 2. The summed E-state index contributed by atoms with van der Waals surface area (Å²) in [6, 6.07) is 14.5. The van der Waals surface area contributed by atoms with E-state index in [0.29, 0.717) is 11.1 Å². The second-order valence-corrected chi connectivity index (χ2v) is 5.99. The lowest BCUT2D eigenvalue weighted by molar-refractivity contribution is 0.0684. The zero-order valence-corrected chi connectivity index (χ0v) is 12.8. The molecule has 0 N–H and O–H groups in total. The zero-order chi connectivity index (χ0) is 15.8. The first-order valence-corrected chi connectivity index (χ1v) is 8.02. The summed E-state index contributed by atoms with van der Waals surface area (Å²) < 4.78 is 0. The van der Waals surface area contributed by atoms with Gasteiger partial charge in [-0.2, -0.15) is 0 Å². The summed E-state index contributed by atoms with van der Waals surface area (Å²) in [5.41, 5.74) is 1.77. The number of imide groups is 1. The van der Waals surface area contributed by atoms with Crippen LogP contribution in [0, 0.1) is 0 Å². The number of nitrogens with zero attached hydrogens (tertiary/aromatic N) is 3. The second kappa shape index (κ2) is 5.48. The van der Waals surface area contributed by atoms with Crippen molar-refractivity contribution in [3.8, 4) is 0 Å². The molecule has 0 saturated carbocycles. The first kappa shape index (κ1) is 13.9. The number of rotatable bonds is 3. The van der Waals surface area contributed by atoms with Crippen molar-refractivity contribution in [1.29, 1.82) is 0 Å². The molecule has 6 heteroatoms. The number of hydrogen-bond donors (Lipinski definition) is 0. The molecule has 1 aliphatic rings. The van der Waals surface area contributed by atoms with Gasteiger partial charge >= 0.3 is 0 Å². The van der Waals surface area contributed by atoms with Gasteiger partial charge in [0, 0.05) is 5.39 Å². The minimum Gasteiger partial charge on any atom is -0.269 e. The Bertz CT molecular complexity index is 902. The van der Waals surface area contributed by atoms with Gasteiger partial charge in [-0.05, 0) is 18.2 Å². The smallest absolute Gasteiger partial charge is 0.262 e. The Morgan fingerprint density at radius 3 is 2.26 bits per heavy atom. The summed E-state index contributed by atoms with van der Waals surface area (Å²) in [7, 11) is 0. The number of carbonyl (C=O) groups is 2. The van der Waals surface area contributed by atoms with E-state index in [1.54, 1.807) is 24.3 Å². The van der Waals surface area contributed by atoms with E-state index >= 15 is 0 Å². The molecule has 3 aromatic rings. The summed E-state index contributed by atoms with van der Waals surface area (Å²) in [4.78, 5) is 34.4. The number of benzene rings is 2. The van der Waals surface area contributed by atoms with Gasteiger partial charge in [0.15, 0.2) is 0 Å². The number of fused-ring (bicyclic) bond motifs is 2. The maximum absolute atomic E-state index is 12.4. The Kier molecular flexibility index (Phi) is 3.31. The Morgan fingerprint density at radius 1 is 0.870 bits per heavy atom. The van der Waals surface area contributed by atoms with Gasteiger partial charge in [-0.3, -0.25) is 14.5 Å². The highest BCUT2D eigenvalue weighted by molar-refractivity contribution is 7.99. The molecule has 0 saturated heterocycles. The van der Waals surface area contributed by atoms with Crippen LogP contribution in [0.4, 0.5) is 0 Å². The Morgan fingerprint density at radius 2 is 1.52 bits per heavy atom.